The highest BCUT2D eigenvalue weighted by molar-refractivity contribution is 9.11. The number of hydrogen-bond donors (Lipinski definition) is 0. The summed E-state index contributed by atoms with van der Waals surface area (Å²) in [4.78, 5) is 0. The van der Waals surface area contributed by atoms with Gasteiger partial charge in [0, 0.05) is 0 Å². The van der Waals surface area contributed by atoms with Crippen LogP contribution in [-0.4, -0.2) is 0 Å². The van der Waals surface area contributed by atoms with Crippen LogP contribution >= 0.6 is 27.3 Å². The van der Waals surface area contributed by atoms with E-state index in [9.17, 15) is 0 Å². The molecule has 0 amide bonds. The van der Waals surface area contributed by atoms with Crippen LogP contribution in [0.5, 0.6) is 0 Å². The molecule has 2 heteroatoms. The summed E-state index contributed by atoms with van der Waals surface area (Å²) in [5.41, 5.74) is 2.56. The third-order valence-electron chi connectivity index (χ3n) is 1.67. The van der Waals surface area contributed by atoms with E-state index < -0.39 is 0 Å². The molecule has 0 aliphatic rings. The van der Waals surface area contributed by atoms with E-state index in [1.807, 2.05) is 6.07 Å². The summed E-state index contributed by atoms with van der Waals surface area (Å²) in [5, 5.41) is 2.15. The van der Waals surface area contributed by atoms with Gasteiger partial charge in [0.05, 0.1) is 3.79 Å². The van der Waals surface area contributed by atoms with Crippen LogP contribution in [-0.2, 0) is 0 Å². The zero-order valence-electron chi connectivity index (χ0n) is 6.33. The highest BCUT2D eigenvalue weighted by Gasteiger charge is 1.98. The maximum atomic E-state index is 3.45. The summed E-state index contributed by atoms with van der Waals surface area (Å²) in [6.07, 6.45) is 0. The molecule has 0 unspecified atom stereocenters. The number of hydrogen-bond acceptors (Lipinski definition) is 1. The minimum atomic E-state index is 1.18. The molecule has 2 rings (SSSR count). The van der Waals surface area contributed by atoms with Gasteiger partial charge in [0.15, 0.2) is 0 Å². The maximum Gasteiger partial charge on any atom is 0.0704 e. The summed E-state index contributed by atoms with van der Waals surface area (Å²) in [5.74, 6) is 0. The lowest BCUT2D eigenvalue weighted by molar-refractivity contribution is 1.67. The Bertz CT molecular complexity index is 364. The third-order valence-corrected chi connectivity index (χ3v) is 3.18. The van der Waals surface area contributed by atoms with Crippen LogP contribution < -0.4 is 0 Å². The van der Waals surface area contributed by atoms with Gasteiger partial charge in [0.25, 0.3) is 0 Å². The molecule has 0 atom stereocenters. The minimum Gasteiger partial charge on any atom is -0.136 e. The Morgan fingerprint density at radius 1 is 1.00 bits per heavy atom. The maximum absolute atomic E-state index is 3.45. The van der Waals surface area contributed by atoms with Crippen molar-refractivity contribution in [3.05, 3.63) is 45.6 Å². The van der Waals surface area contributed by atoms with Gasteiger partial charge in [-0.2, -0.15) is 0 Å². The molecule has 0 fully saturated rings. The summed E-state index contributed by atoms with van der Waals surface area (Å²) in [6.45, 7) is 0. The molecule has 0 saturated carbocycles. The minimum absolute atomic E-state index is 1.18. The lowest BCUT2D eigenvalue weighted by Crippen LogP contribution is -1.69. The zero-order valence-corrected chi connectivity index (χ0v) is 8.73. The Hall–Kier alpha value is -0.600. The summed E-state index contributed by atoms with van der Waals surface area (Å²) in [6, 6.07) is 12.5. The van der Waals surface area contributed by atoms with Crippen molar-refractivity contribution in [3.8, 4) is 11.1 Å². The van der Waals surface area contributed by atoms with Crippen LogP contribution in [0, 0.1) is 0 Å². The van der Waals surface area contributed by atoms with E-state index in [2.05, 4.69) is 51.6 Å². The van der Waals surface area contributed by atoms with Gasteiger partial charge >= 0.3 is 0 Å². The first-order valence-electron chi connectivity index (χ1n) is 3.66. The molecule has 0 aliphatic heterocycles. The van der Waals surface area contributed by atoms with Crippen molar-refractivity contribution < 1.29 is 0 Å². The smallest absolute Gasteiger partial charge is 0.0704 e. The van der Waals surface area contributed by atoms with Crippen LogP contribution in [0.1, 0.15) is 0 Å². The Morgan fingerprint density at radius 3 is 2.33 bits per heavy atom. The Morgan fingerprint density at radius 2 is 1.75 bits per heavy atom. The standard InChI is InChI=1S/C10H7BrS/c11-10-6-9(7-12-10)8-4-2-1-3-5-8/h1-7H. The number of rotatable bonds is 1. The van der Waals surface area contributed by atoms with Gasteiger partial charge in [-0.25, -0.2) is 0 Å². The Labute approximate surface area is 84.0 Å². The van der Waals surface area contributed by atoms with Crippen LogP contribution in [0.25, 0.3) is 11.1 Å². The first-order valence-corrected chi connectivity index (χ1v) is 5.33. The number of benzene rings is 1. The largest absolute Gasteiger partial charge is 0.136 e. The van der Waals surface area contributed by atoms with E-state index in [-0.39, 0.29) is 0 Å². The summed E-state index contributed by atoms with van der Waals surface area (Å²) >= 11 is 5.16. The fourth-order valence-electron chi connectivity index (χ4n) is 1.09. The van der Waals surface area contributed by atoms with Crippen LogP contribution in [0.3, 0.4) is 0 Å². The average molecular weight is 239 g/mol. The van der Waals surface area contributed by atoms with Gasteiger partial charge in [-0.05, 0) is 38.5 Å². The molecular formula is C10H7BrS. The van der Waals surface area contributed by atoms with Crippen molar-refractivity contribution in [2.24, 2.45) is 0 Å². The quantitative estimate of drug-likeness (QED) is 0.700. The second-order valence-corrected chi connectivity index (χ2v) is 4.80. The fourth-order valence-corrected chi connectivity index (χ4v) is 2.26. The monoisotopic (exact) mass is 238 g/mol. The molecule has 1 aromatic carbocycles. The summed E-state index contributed by atoms with van der Waals surface area (Å²) in [7, 11) is 0. The van der Waals surface area contributed by atoms with E-state index in [0.717, 1.165) is 0 Å². The molecular weight excluding hydrogens is 232 g/mol. The Balaban J connectivity index is 2.45. The van der Waals surface area contributed by atoms with Crippen LogP contribution in [0.15, 0.2) is 45.6 Å². The van der Waals surface area contributed by atoms with E-state index >= 15 is 0 Å². The van der Waals surface area contributed by atoms with Crippen molar-refractivity contribution >= 4 is 27.3 Å². The fraction of sp³-hybridized carbons (Fsp3) is 0. The van der Waals surface area contributed by atoms with Gasteiger partial charge in [-0.1, -0.05) is 30.3 Å². The van der Waals surface area contributed by atoms with Gasteiger partial charge in [0.1, 0.15) is 0 Å². The second-order valence-electron chi connectivity index (χ2n) is 2.51. The number of thiophene rings is 1. The SMILES string of the molecule is Brc1cc(-c2ccccc2)cs1. The molecule has 1 aromatic heterocycles. The molecule has 0 nitrogen and oxygen atoms in total. The molecule has 0 saturated heterocycles. The van der Waals surface area contributed by atoms with E-state index in [0.29, 0.717) is 0 Å². The first-order chi connectivity index (χ1) is 5.86. The summed E-state index contributed by atoms with van der Waals surface area (Å²) < 4.78 is 1.18. The molecule has 0 bridgehead atoms. The molecule has 0 N–H and O–H groups in total. The van der Waals surface area contributed by atoms with E-state index in [4.69, 9.17) is 0 Å². The highest BCUT2D eigenvalue weighted by atomic mass is 79.9. The lowest BCUT2D eigenvalue weighted by Gasteiger charge is -1.93. The normalized spacial score (nSPS) is 10.1. The van der Waals surface area contributed by atoms with Gasteiger partial charge in [-0.3, -0.25) is 0 Å². The van der Waals surface area contributed by atoms with Gasteiger partial charge in [0.2, 0.25) is 0 Å². The molecule has 0 aliphatic carbocycles. The van der Waals surface area contributed by atoms with Crippen molar-refractivity contribution in [1.29, 1.82) is 0 Å². The zero-order chi connectivity index (χ0) is 8.39. The first kappa shape index (κ1) is 8.02. The Kier molecular flexibility index (Phi) is 2.28. The van der Waals surface area contributed by atoms with Crippen molar-refractivity contribution in [1.82, 2.24) is 0 Å². The molecule has 0 radical (unpaired) electrons. The lowest BCUT2D eigenvalue weighted by atomic mass is 10.1. The topological polar surface area (TPSA) is 0 Å². The predicted molar refractivity (Wildman–Crippen MR) is 57.5 cm³/mol. The highest BCUT2D eigenvalue weighted by Crippen LogP contribution is 2.28. The number of halogens is 1. The average Bonchev–Trinajstić information content (AvgIpc) is 2.54. The third kappa shape index (κ3) is 1.59. The predicted octanol–water partition coefficient (Wildman–Crippen LogP) is 4.18. The molecule has 0 spiro atoms. The molecule has 12 heavy (non-hydrogen) atoms. The second kappa shape index (κ2) is 3.42. The van der Waals surface area contributed by atoms with E-state index in [1.165, 1.54) is 14.9 Å². The van der Waals surface area contributed by atoms with Crippen molar-refractivity contribution in [2.45, 2.75) is 0 Å². The molecule has 1 heterocycles. The van der Waals surface area contributed by atoms with Gasteiger partial charge < -0.3 is 0 Å². The van der Waals surface area contributed by atoms with Gasteiger partial charge in [-0.15, -0.1) is 11.3 Å². The molecule has 60 valence electrons. The molecule has 2 aromatic rings. The van der Waals surface area contributed by atoms with Crippen LogP contribution in [0.2, 0.25) is 0 Å². The van der Waals surface area contributed by atoms with Crippen molar-refractivity contribution in [3.63, 3.8) is 0 Å². The van der Waals surface area contributed by atoms with Crippen LogP contribution in [0.4, 0.5) is 0 Å². The van der Waals surface area contributed by atoms with Crippen molar-refractivity contribution in [2.75, 3.05) is 0 Å². The van der Waals surface area contributed by atoms with E-state index in [1.54, 1.807) is 11.3 Å².